The van der Waals surface area contributed by atoms with Crippen LogP contribution < -0.4 is 10.2 Å². The average Bonchev–Trinajstić information content (AvgIpc) is 2.83. The number of rotatable bonds is 1. The minimum atomic E-state index is -4.36. The number of alkyl halides is 3. The highest BCUT2D eigenvalue weighted by molar-refractivity contribution is 5.85. The Kier molecular flexibility index (Phi) is 4.32. The van der Waals surface area contributed by atoms with Gasteiger partial charge in [0, 0.05) is 25.2 Å². The number of imidazole rings is 1. The summed E-state index contributed by atoms with van der Waals surface area (Å²) in [6.45, 7) is 6.12. The first-order valence-electron chi connectivity index (χ1n) is 6.80. The lowest BCUT2D eigenvalue weighted by Crippen LogP contribution is -2.57. The first-order chi connectivity index (χ1) is 9.76. The summed E-state index contributed by atoms with van der Waals surface area (Å²) in [5.41, 5.74) is -0.322. The molecule has 22 heavy (non-hydrogen) atoms. The minimum Gasteiger partial charge on any atom is -0.355 e. The van der Waals surface area contributed by atoms with Crippen LogP contribution in [-0.2, 0) is 6.18 Å². The number of nitrogens with zero attached hydrogens (tertiary/aromatic N) is 3. The maximum absolute atomic E-state index is 13.1. The van der Waals surface area contributed by atoms with Crippen molar-refractivity contribution in [3.8, 4) is 0 Å². The standard InChI is InChI=1S/C14H17F3N4.ClH/c1-13(2)8-20(4-3-19-13)12-6-10(14(15,16)17)5-11-7-18-9-21(11)12;/h5-7,9,19H,3-4,8H2,1-2H3;1H. The largest absolute Gasteiger partial charge is 0.416 e. The zero-order valence-electron chi connectivity index (χ0n) is 12.3. The topological polar surface area (TPSA) is 32.6 Å². The highest BCUT2D eigenvalue weighted by Gasteiger charge is 2.33. The summed E-state index contributed by atoms with van der Waals surface area (Å²) >= 11 is 0. The summed E-state index contributed by atoms with van der Waals surface area (Å²) in [6, 6.07) is 2.33. The second-order valence-electron chi connectivity index (χ2n) is 6.02. The molecule has 0 radical (unpaired) electrons. The van der Waals surface area contributed by atoms with Gasteiger partial charge < -0.3 is 10.2 Å². The molecule has 4 nitrogen and oxygen atoms in total. The maximum atomic E-state index is 13.1. The molecule has 0 saturated carbocycles. The third-order valence-corrected chi connectivity index (χ3v) is 3.72. The number of fused-ring (bicyclic) bond motifs is 1. The molecule has 0 aliphatic carbocycles. The van der Waals surface area contributed by atoms with E-state index in [1.165, 1.54) is 12.3 Å². The SMILES string of the molecule is CC1(C)CN(c2cc(C(F)(F)F)cc3cncn23)CCN1.Cl. The number of anilines is 1. The van der Waals surface area contributed by atoms with Crippen LogP contribution in [0.25, 0.3) is 5.52 Å². The van der Waals surface area contributed by atoms with Gasteiger partial charge in [0.25, 0.3) is 0 Å². The molecule has 0 unspecified atom stereocenters. The Balaban J connectivity index is 0.00000176. The van der Waals surface area contributed by atoms with Crippen molar-refractivity contribution in [1.29, 1.82) is 0 Å². The summed E-state index contributed by atoms with van der Waals surface area (Å²) in [7, 11) is 0. The van der Waals surface area contributed by atoms with E-state index in [1.807, 2.05) is 18.7 Å². The van der Waals surface area contributed by atoms with Crippen LogP contribution in [0.3, 0.4) is 0 Å². The molecule has 3 rings (SSSR count). The molecule has 2 aromatic heterocycles. The van der Waals surface area contributed by atoms with E-state index < -0.39 is 11.7 Å². The van der Waals surface area contributed by atoms with E-state index in [4.69, 9.17) is 0 Å². The Bertz CT molecular complexity index is 666. The van der Waals surface area contributed by atoms with Crippen LogP contribution in [-0.4, -0.2) is 34.6 Å². The van der Waals surface area contributed by atoms with Crippen LogP contribution in [0.1, 0.15) is 19.4 Å². The van der Waals surface area contributed by atoms with Gasteiger partial charge in [-0.3, -0.25) is 4.40 Å². The van der Waals surface area contributed by atoms with Crippen molar-refractivity contribution >= 4 is 23.7 Å². The molecular weight excluding hydrogens is 317 g/mol. The second kappa shape index (κ2) is 5.62. The van der Waals surface area contributed by atoms with Crippen LogP contribution in [0.2, 0.25) is 0 Å². The van der Waals surface area contributed by atoms with Gasteiger partial charge in [0.05, 0.1) is 17.3 Å². The fourth-order valence-corrected chi connectivity index (χ4v) is 2.76. The molecule has 3 heterocycles. The van der Waals surface area contributed by atoms with Crippen LogP contribution >= 0.6 is 12.4 Å². The molecule has 0 atom stereocenters. The first-order valence-corrected chi connectivity index (χ1v) is 6.80. The van der Waals surface area contributed by atoms with Gasteiger partial charge in [0.15, 0.2) is 0 Å². The van der Waals surface area contributed by atoms with Crippen molar-refractivity contribution in [1.82, 2.24) is 14.7 Å². The summed E-state index contributed by atoms with van der Waals surface area (Å²) in [5.74, 6) is 0.534. The van der Waals surface area contributed by atoms with Gasteiger partial charge in [0.2, 0.25) is 0 Å². The highest BCUT2D eigenvalue weighted by atomic mass is 35.5. The lowest BCUT2D eigenvalue weighted by Gasteiger charge is -2.40. The molecule has 1 aliphatic heterocycles. The Morgan fingerprint density at radius 1 is 1.27 bits per heavy atom. The number of nitrogens with one attached hydrogen (secondary N) is 1. The monoisotopic (exact) mass is 334 g/mol. The fourth-order valence-electron chi connectivity index (χ4n) is 2.76. The molecule has 1 saturated heterocycles. The second-order valence-corrected chi connectivity index (χ2v) is 6.02. The fraction of sp³-hybridized carbons (Fsp3) is 0.500. The summed E-state index contributed by atoms with van der Waals surface area (Å²) in [4.78, 5) is 5.94. The molecule has 1 aliphatic rings. The van der Waals surface area contributed by atoms with Crippen LogP contribution in [0.5, 0.6) is 0 Å². The lowest BCUT2D eigenvalue weighted by atomic mass is 10.0. The predicted octanol–water partition coefficient (Wildman–Crippen LogP) is 2.96. The number of hydrogen-bond acceptors (Lipinski definition) is 3. The van der Waals surface area contributed by atoms with Gasteiger partial charge in [-0.25, -0.2) is 4.98 Å². The van der Waals surface area contributed by atoms with Gasteiger partial charge >= 0.3 is 6.18 Å². The van der Waals surface area contributed by atoms with E-state index in [0.29, 0.717) is 24.4 Å². The summed E-state index contributed by atoms with van der Waals surface area (Å²) in [6.07, 6.45) is -1.35. The van der Waals surface area contributed by atoms with Gasteiger partial charge in [-0.15, -0.1) is 12.4 Å². The minimum absolute atomic E-state index is 0. The van der Waals surface area contributed by atoms with E-state index in [1.54, 1.807) is 10.7 Å². The number of piperazine rings is 1. The van der Waals surface area contributed by atoms with Crippen molar-refractivity contribution < 1.29 is 13.2 Å². The zero-order chi connectivity index (χ0) is 15.3. The molecular formula is C14H18ClF3N4. The van der Waals surface area contributed by atoms with Gasteiger partial charge in [-0.2, -0.15) is 13.2 Å². The number of pyridine rings is 1. The number of hydrogen-bond donors (Lipinski definition) is 1. The third kappa shape index (κ3) is 3.15. The van der Waals surface area contributed by atoms with Crippen molar-refractivity contribution in [2.45, 2.75) is 25.6 Å². The van der Waals surface area contributed by atoms with Crippen LogP contribution in [0.15, 0.2) is 24.7 Å². The van der Waals surface area contributed by atoms with E-state index in [2.05, 4.69) is 10.3 Å². The third-order valence-electron chi connectivity index (χ3n) is 3.72. The van der Waals surface area contributed by atoms with Crippen molar-refractivity contribution in [2.75, 3.05) is 24.5 Å². The van der Waals surface area contributed by atoms with Crippen LogP contribution in [0, 0.1) is 0 Å². The molecule has 122 valence electrons. The number of halogens is 4. The molecule has 0 aromatic carbocycles. The molecule has 0 bridgehead atoms. The Morgan fingerprint density at radius 3 is 2.64 bits per heavy atom. The van der Waals surface area contributed by atoms with Crippen molar-refractivity contribution in [3.05, 3.63) is 30.2 Å². The first kappa shape index (κ1) is 16.9. The highest BCUT2D eigenvalue weighted by Crippen LogP contribution is 2.33. The van der Waals surface area contributed by atoms with Gasteiger partial charge in [-0.1, -0.05) is 0 Å². The van der Waals surface area contributed by atoms with E-state index >= 15 is 0 Å². The van der Waals surface area contributed by atoms with E-state index in [-0.39, 0.29) is 17.9 Å². The number of aromatic nitrogens is 2. The predicted molar refractivity (Wildman–Crippen MR) is 81.7 cm³/mol. The van der Waals surface area contributed by atoms with Crippen molar-refractivity contribution in [2.24, 2.45) is 0 Å². The molecule has 2 aromatic rings. The average molecular weight is 335 g/mol. The van der Waals surface area contributed by atoms with Crippen molar-refractivity contribution in [3.63, 3.8) is 0 Å². The normalized spacial score (nSPS) is 18.3. The smallest absolute Gasteiger partial charge is 0.355 e. The zero-order valence-corrected chi connectivity index (χ0v) is 13.1. The summed E-state index contributed by atoms with van der Waals surface area (Å²) in [5, 5.41) is 3.36. The van der Waals surface area contributed by atoms with Gasteiger partial charge in [-0.05, 0) is 26.0 Å². The Hall–Kier alpha value is -1.47. The molecule has 1 N–H and O–H groups in total. The molecule has 0 amide bonds. The molecule has 8 heteroatoms. The lowest BCUT2D eigenvalue weighted by molar-refractivity contribution is -0.137. The Labute approximate surface area is 132 Å². The van der Waals surface area contributed by atoms with Crippen LogP contribution in [0.4, 0.5) is 19.0 Å². The maximum Gasteiger partial charge on any atom is 0.416 e. The quantitative estimate of drug-likeness (QED) is 0.870. The van der Waals surface area contributed by atoms with Gasteiger partial charge in [0.1, 0.15) is 12.1 Å². The summed E-state index contributed by atoms with van der Waals surface area (Å²) < 4.78 is 40.9. The Morgan fingerprint density at radius 2 is 2.00 bits per heavy atom. The van der Waals surface area contributed by atoms with E-state index in [9.17, 15) is 13.2 Å². The molecule has 1 fully saturated rings. The van der Waals surface area contributed by atoms with E-state index in [0.717, 1.165) is 12.6 Å². The molecule has 0 spiro atoms.